The van der Waals surface area contributed by atoms with Crippen LogP contribution in [0.5, 0.6) is 5.75 Å². The number of likely N-dealkylation sites (tertiary alicyclic amines) is 2. The molecule has 2 aromatic carbocycles. The Morgan fingerprint density at radius 3 is 2.37 bits per heavy atom. The predicted octanol–water partition coefficient (Wildman–Crippen LogP) is 3.62. The highest BCUT2D eigenvalue weighted by molar-refractivity contribution is 6.24. The Morgan fingerprint density at radius 2 is 1.67 bits per heavy atom. The monoisotopic (exact) mass is 698 g/mol. The maximum Gasteiger partial charge on any atom is 0.424 e. The first kappa shape index (κ1) is 35.5. The van der Waals surface area contributed by atoms with Crippen LogP contribution < -0.4 is 15.6 Å². The normalized spacial score (nSPS) is 21.2. The van der Waals surface area contributed by atoms with Gasteiger partial charge in [-0.3, -0.25) is 28.9 Å². The lowest BCUT2D eigenvalue weighted by atomic mass is 9.87. The number of benzene rings is 2. The van der Waals surface area contributed by atoms with E-state index < -0.39 is 41.4 Å². The lowest BCUT2D eigenvalue weighted by Gasteiger charge is -2.37. The van der Waals surface area contributed by atoms with Crippen LogP contribution in [0, 0.1) is 6.92 Å². The summed E-state index contributed by atoms with van der Waals surface area (Å²) in [6.45, 7) is 8.54. The molecular formula is C37H42N6O8. The molecule has 1 aromatic heterocycles. The molecule has 3 aliphatic rings. The molecule has 3 aromatic rings. The van der Waals surface area contributed by atoms with Crippen molar-refractivity contribution in [3.8, 4) is 5.75 Å². The van der Waals surface area contributed by atoms with Gasteiger partial charge in [-0.05, 0) is 82.8 Å². The first-order valence-corrected chi connectivity index (χ1v) is 16.9. The highest BCUT2D eigenvalue weighted by Gasteiger charge is 2.49. The standard InChI is InChI=1S/C37H42N6O8/c1-21-29(17-38-41(6)32(21)45)39-25-15-24(18-40(5)19-25)23-9-7-22(8-10-23)20-50-26-11-12-27-28(16-26)34(47)42(33(27)46)30-13-14-31(44)43(35(30)48)36(49)51-37(2,3)4/h7-12,16-17,24-25,30,39H,13-15,18-20H2,1-6H3/t24-,25+,30?/m0/s1. The molecular weight excluding hydrogens is 656 g/mol. The van der Waals surface area contributed by atoms with E-state index in [1.165, 1.54) is 22.4 Å². The van der Waals surface area contributed by atoms with Crippen LogP contribution in [-0.4, -0.2) is 92.0 Å². The van der Waals surface area contributed by atoms with Crippen molar-refractivity contribution >= 4 is 35.4 Å². The number of ether oxygens (including phenoxy) is 2. The number of imide groups is 4. The SMILES string of the molecule is Cc1c(N[C@@H]2C[C@H](c3ccc(COc4ccc5c(c4)C(=O)N(C4CCC(=O)N(C(=O)OC(C)(C)C)C4=O)C5=O)cc3)CN(C)C2)cnn(C)c1=O. The molecule has 14 heteroatoms. The number of hydrogen-bond donors (Lipinski definition) is 1. The maximum atomic E-state index is 13.5. The van der Waals surface area contributed by atoms with Crippen LogP contribution in [-0.2, 0) is 28.0 Å². The van der Waals surface area contributed by atoms with Gasteiger partial charge in [0.2, 0.25) is 5.91 Å². The number of amides is 5. The van der Waals surface area contributed by atoms with Gasteiger partial charge in [-0.15, -0.1) is 0 Å². The van der Waals surface area contributed by atoms with Crippen LogP contribution in [0.1, 0.15) is 83.4 Å². The quantitative estimate of drug-likeness (QED) is 0.359. The van der Waals surface area contributed by atoms with Crippen LogP contribution in [0.2, 0.25) is 0 Å². The van der Waals surface area contributed by atoms with Gasteiger partial charge in [-0.1, -0.05) is 24.3 Å². The molecule has 5 amide bonds. The second-order valence-corrected chi connectivity index (χ2v) is 14.4. The minimum absolute atomic E-state index is 0.0767. The summed E-state index contributed by atoms with van der Waals surface area (Å²) >= 11 is 0. The van der Waals surface area contributed by atoms with E-state index >= 15 is 0 Å². The summed E-state index contributed by atoms with van der Waals surface area (Å²) < 4.78 is 12.6. The summed E-state index contributed by atoms with van der Waals surface area (Å²) in [5.74, 6) is -2.47. The summed E-state index contributed by atoms with van der Waals surface area (Å²) in [6.07, 6.45) is 1.14. The number of aromatic nitrogens is 2. The minimum Gasteiger partial charge on any atom is -0.489 e. The van der Waals surface area contributed by atoms with Crippen LogP contribution in [0.4, 0.5) is 10.5 Å². The van der Waals surface area contributed by atoms with Gasteiger partial charge in [0.25, 0.3) is 23.3 Å². The van der Waals surface area contributed by atoms with E-state index in [1.54, 1.807) is 47.0 Å². The zero-order valence-corrected chi connectivity index (χ0v) is 29.6. The molecule has 0 bridgehead atoms. The lowest BCUT2D eigenvalue weighted by molar-refractivity contribution is -0.149. The highest BCUT2D eigenvalue weighted by atomic mass is 16.6. The number of anilines is 1. The number of carbonyl (C=O) groups is 5. The Bertz CT molecular complexity index is 1970. The molecule has 51 heavy (non-hydrogen) atoms. The van der Waals surface area contributed by atoms with Gasteiger partial charge in [0, 0.05) is 38.2 Å². The van der Waals surface area contributed by atoms with Crippen LogP contribution in [0.3, 0.4) is 0 Å². The van der Waals surface area contributed by atoms with Crippen molar-refractivity contribution in [2.24, 2.45) is 7.05 Å². The van der Waals surface area contributed by atoms with Crippen molar-refractivity contribution in [3.05, 3.63) is 86.8 Å². The second kappa shape index (κ2) is 13.7. The van der Waals surface area contributed by atoms with Crippen molar-refractivity contribution in [2.45, 2.75) is 77.2 Å². The molecule has 3 atom stereocenters. The molecule has 2 fully saturated rings. The molecule has 0 spiro atoms. The smallest absolute Gasteiger partial charge is 0.424 e. The number of piperidine rings is 2. The van der Waals surface area contributed by atoms with Gasteiger partial charge < -0.3 is 19.7 Å². The number of nitrogens with zero attached hydrogens (tertiary/aromatic N) is 5. The third kappa shape index (κ3) is 7.27. The molecule has 4 heterocycles. The van der Waals surface area contributed by atoms with Crippen molar-refractivity contribution in [1.82, 2.24) is 24.5 Å². The van der Waals surface area contributed by atoms with Crippen molar-refractivity contribution in [2.75, 3.05) is 25.5 Å². The van der Waals surface area contributed by atoms with Gasteiger partial charge in [-0.2, -0.15) is 10.00 Å². The van der Waals surface area contributed by atoms with E-state index in [2.05, 4.69) is 34.5 Å². The molecule has 1 unspecified atom stereocenters. The van der Waals surface area contributed by atoms with E-state index in [9.17, 15) is 28.8 Å². The Hall–Kier alpha value is -5.37. The third-order valence-corrected chi connectivity index (χ3v) is 9.39. The first-order valence-electron chi connectivity index (χ1n) is 16.9. The van der Waals surface area contributed by atoms with Crippen LogP contribution in [0.15, 0.2) is 53.5 Å². The molecule has 14 nitrogen and oxygen atoms in total. The molecule has 0 radical (unpaired) electrons. The van der Waals surface area contributed by atoms with E-state index in [-0.39, 0.29) is 48.1 Å². The van der Waals surface area contributed by atoms with Crippen LogP contribution >= 0.6 is 0 Å². The van der Waals surface area contributed by atoms with Gasteiger partial charge in [0.1, 0.15) is 24.0 Å². The zero-order chi connectivity index (χ0) is 36.8. The Labute approximate surface area is 295 Å². The number of rotatable bonds is 7. The van der Waals surface area contributed by atoms with E-state index in [0.717, 1.165) is 35.7 Å². The topological polar surface area (TPSA) is 160 Å². The minimum atomic E-state index is -1.32. The Morgan fingerprint density at radius 1 is 0.961 bits per heavy atom. The Balaban J connectivity index is 1.09. The first-order chi connectivity index (χ1) is 24.1. The van der Waals surface area contributed by atoms with Crippen molar-refractivity contribution in [1.29, 1.82) is 0 Å². The van der Waals surface area contributed by atoms with Crippen molar-refractivity contribution < 1.29 is 33.4 Å². The molecule has 1 N–H and O–H groups in total. The van der Waals surface area contributed by atoms with Gasteiger partial charge in [0.05, 0.1) is 23.0 Å². The number of carbonyl (C=O) groups excluding carboxylic acids is 5. The highest BCUT2D eigenvalue weighted by Crippen LogP contribution is 2.33. The summed E-state index contributed by atoms with van der Waals surface area (Å²) in [6, 6.07) is 11.5. The number of fused-ring (bicyclic) bond motifs is 1. The molecule has 0 aliphatic carbocycles. The number of nitrogens with one attached hydrogen (secondary N) is 1. The largest absolute Gasteiger partial charge is 0.489 e. The molecule has 2 saturated heterocycles. The molecule has 3 aliphatic heterocycles. The molecule has 268 valence electrons. The van der Waals surface area contributed by atoms with E-state index in [1.807, 2.05) is 12.1 Å². The molecule has 6 rings (SSSR count). The van der Waals surface area contributed by atoms with E-state index in [0.29, 0.717) is 16.2 Å². The average molecular weight is 699 g/mol. The number of aryl methyl sites for hydroxylation is 1. The fourth-order valence-electron chi connectivity index (χ4n) is 6.85. The summed E-state index contributed by atoms with van der Waals surface area (Å²) in [4.78, 5) is 81.1. The van der Waals surface area contributed by atoms with Gasteiger partial charge >= 0.3 is 6.09 Å². The fraction of sp³-hybridized carbons (Fsp3) is 0.432. The fourth-order valence-corrected chi connectivity index (χ4v) is 6.85. The molecule has 0 saturated carbocycles. The second-order valence-electron chi connectivity index (χ2n) is 14.4. The van der Waals surface area contributed by atoms with E-state index in [4.69, 9.17) is 9.47 Å². The average Bonchev–Trinajstić information content (AvgIpc) is 3.31. The predicted molar refractivity (Wildman–Crippen MR) is 185 cm³/mol. The van der Waals surface area contributed by atoms with Crippen LogP contribution in [0.25, 0.3) is 0 Å². The van der Waals surface area contributed by atoms with Gasteiger partial charge in [-0.25, -0.2) is 9.48 Å². The zero-order valence-electron chi connectivity index (χ0n) is 29.6. The summed E-state index contributed by atoms with van der Waals surface area (Å²) in [5.41, 5.74) is 2.58. The summed E-state index contributed by atoms with van der Waals surface area (Å²) in [7, 11) is 3.72. The van der Waals surface area contributed by atoms with Crippen molar-refractivity contribution in [3.63, 3.8) is 0 Å². The Kier molecular flexibility index (Phi) is 9.55. The number of hydrogen-bond acceptors (Lipinski definition) is 11. The number of likely N-dealkylation sites (N-methyl/N-ethyl adjacent to an activating group) is 1. The van der Waals surface area contributed by atoms with Gasteiger partial charge in [0.15, 0.2) is 0 Å². The third-order valence-electron chi connectivity index (χ3n) is 9.39. The maximum absolute atomic E-state index is 13.5. The summed E-state index contributed by atoms with van der Waals surface area (Å²) in [5, 5.41) is 7.69. The lowest BCUT2D eigenvalue weighted by Crippen LogP contribution is -2.58.